The van der Waals surface area contributed by atoms with Gasteiger partial charge in [0.1, 0.15) is 5.69 Å². The van der Waals surface area contributed by atoms with Crippen LogP contribution in [0.4, 0.5) is 5.69 Å². The Kier molecular flexibility index (Phi) is 3.90. The molecule has 0 fully saturated rings. The lowest BCUT2D eigenvalue weighted by Gasteiger charge is -2.12. The third kappa shape index (κ3) is 2.99. The van der Waals surface area contributed by atoms with Gasteiger partial charge in [-0.2, -0.15) is 0 Å². The fourth-order valence-corrected chi connectivity index (χ4v) is 1.16. The van der Waals surface area contributed by atoms with Crippen LogP contribution in [0.15, 0.2) is 18.3 Å². The lowest BCUT2D eigenvalue weighted by Crippen LogP contribution is -2.23. The molecule has 0 aromatic carbocycles. The first-order chi connectivity index (χ1) is 7.54. The van der Waals surface area contributed by atoms with Crippen LogP contribution in [0.1, 0.15) is 17.4 Å². The van der Waals surface area contributed by atoms with Gasteiger partial charge in [0.2, 0.25) is 0 Å². The first kappa shape index (κ1) is 12.1. The highest BCUT2D eigenvalue weighted by Crippen LogP contribution is 2.10. The Morgan fingerprint density at radius 3 is 2.88 bits per heavy atom. The number of nitrogens with zero attached hydrogens (tertiary/aromatic N) is 2. The lowest BCUT2D eigenvalue weighted by molar-refractivity contribution is 0.0822. The van der Waals surface area contributed by atoms with Crippen LogP contribution < -0.4 is 5.32 Å². The smallest absolute Gasteiger partial charge is 0.272 e. The van der Waals surface area contributed by atoms with E-state index in [4.69, 9.17) is 6.42 Å². The molecule has 0 aliphatic heterocycles. The molecule has 0 saturated carbocycles. The molecule has 1 unspecified atom stereocenters. The topological polar surface area (TPSA) is 45.2 Å². The molecule has 1 atom stereocenters. The quantitative estimate of drug-likeness (QED) is 0.774. The van der Waals surface area contributed by atoms with Crippen molar-refractivity contribution in [1.29, 1.82) is 0 Å². The number of nitrogens with one attached hydrogen (secondary N) is 1. The molecule has 1 aromatic rings. The van der Waals surface area contributed by atoms with Gasteiger partial charge in [-0.1, -0.05) is 5.92 Å². The van der Waals surface area contributed by atoms with E-state index in [1.54, 1.807) is 32.4 Å². The summed E-state index contributed by atoms with van der Waals surface area (Å²) in [6.45, 7) is 1.87. The average molecular weight is 217 g/mol. The minimum Gasteiger partial charge on any atom is -0.372 e. The summed E-state index contributed by atoms with van der Waals surface area (Å²) in [6.07, 6.45) is 6.85. The number of aromatic nitrogens is 1. The standard InChI is InChI=1S/C12H15N3O/c1-5-9(2)14-10-6-7-13-11(8-10)12(16)15(3)4/h1,6-9H,2-4H3,(H,13,14). The number of terminal acetylenes is 1. The fraction of sp³-hybridized carbons (Fsp3) is 0.333. The molecule has 1 rings (SSSR count). The van der Waals surface area contributed by atoms with Gasteiger partial charge in [-0.05, 0) is 19.1 Å². The molecular weight excluding hydrogens is 202 g/mol. The summed E-state index contributed by atoms with van der Waals surface area (Å²) in [5.74, 6) is 2.43. The summed E-state index contributed by atoms with van der Waals surface area (Å²) in [4.78, 5) is 17.1. The Hall–Kier alpha value is -2.02. The predicted molar refractivity (Wildman–Crippen MR) is 64.2 cm³/mol. The maximum Gasteiger partial charge on any atom is 0.272 e. The summed E-state index contributed by atoms with van der Waals surface area (Å²) in [5.41, 5.74) is 1.20. The monoisotopic (exact) mass is 217 g/mol. The molecule has 4 nitrogen and oxygen atoms in total. The summed E-state index contributed by atoms with van der Waals surface area (Å²) in [7, 11) is 3.38. The second-order valence-electron chi connectivity index (χ2n) is 3.66. The van der Waals surface area contributed by atoms with Gasteiger partial charge in [0.05, 0.1) is 6.04 Å². The zero-order valence-corrected chi connectivity index (χ0v) is 9.69. The molecule has 1 aromatic heterocycles. The zero-order chi connectivity index (χ0) is 12.1. The molecule has 0 saturated heterocycles. The second kappa shape index (κ2) is 5.17. The molecule has 84 valence electrons. The average Bonchev–Trinajstić information content (AvgIpc) is 2.28. The van der Waals surface area contributed by atoms with Crippen LogP contribution in [-0.2, 0) is 0 Å². The lowest BCUT2D eigenvalue weighted by atomic mass is 10.2. The van der Waals surface area contributed by atoms with Gasteiger partial charge in [0.25, 0.3) is 5.91 Å². The Morgan fingerprint density at radius 2 is 2.31 bits per heavy atom. The summed E-state index contributed by atoms with van der Waals surface area (Å²) in [6, 6.07) is 3.39. The number of carbonyl (C=O) groups is 1. The first-order valence-corrected chi connectivity index (χ1v) is 4.95. The highest BCUT2D eigenvalue weighted by molar-refractivity contribution is 5.92. The summed E-state index contributed by atoms with van der Waals surface area (Å²) >= 11 is 0. The molecule has 1 amide bonds. The fourth-order valence-electron chi connectivity index (χ4n) is 1.16. The van der Waals surface area contributed by atoms with Crippen molar-refractivity contribution in [3.05, 3.63) is 24.0 Å². The van der Waals surface area contributed by atoms with Crippen molar-refractivity contribution in [3.63, 3.8) is 0 Å². The van der Waals surface area contributed by atoms with Crippen LogP contribution in [0.5, 0.6) is 0 Å². The van der Waals surface area contributed by atoms with Crippen molar-refractivity contribution < 1.29 is 4.79 Å². The third-order valence-corrected chi connectivity index (χ3v) is 2.02. The Bertz CT molecular complexity index is 421. The van der Waals surface area contributed by atoms with Crippen molar-refractivity contribution >= 4 is 11.6 Å². The van der Waals surface area contributed by atoms with E-state index >= 15 is 0 Å². The Balaban J connectivity index is 2.88. The molecule has 4 heteroatoms. The van der Waals surface area contributed by atoms with Crippen LogP contribution in [0.2, 0.25) is 0 Å². The van der Waals surface area contributed by atoms with Crippen molar-refractivity contribution in [2.24, 2.45) is 0 Å². The molecule has 0 radical (unpaired) electrons. The molecule has 0 aliphatic carbocycles. The number of carbonyl (C=O) groups excluding carboxylic acids is 1. The normalized spacial score (nSPS) is 11.4. The molecule has 0 spiro atoms. The van der Waals surface area contributed by atoms with E-state index < -0.39 is 0 Å². The van der Waals surface area contributed by atoms with Gasteiger partial charge in [-0.25, -0.2) is 0 Å². The number of hydrogen-bond acceptors (Lipinski definition) is 3. The largest absolute Gasteiger partial charge is 0.372 e. The van der Waals surface area contributed by atoms with Gasteiger partial charge in [-0.3, -0.25) is 9.78 Å². The van der Waals surface area contributed by atoms with E-state index in [-0.39, 0.29) is 11.9 Å². The SMILES string of the molecule is C#CC(C)Nc1ccnc(C(=O)N(C)C)c1. The van der Waals surface area contributed by atoms with Crippen LogP contribution in [0.25, 0.3) is 0 Å². The third-order valence-electron chi connectivity index (χ3n) is 2.02. The minimum atomic E-state index is -0.128. The van der Waals surface area contributed by atoms with E-state index in [1.165, 1.54) is 4.90 Å². The van der Waals surface area contributed by atoms with Crippen molar-refractivity contribution in [2.75, 3.05) is 19.4 Å². The summed E-state index contributed by atoms with van der Waals surface area (Å²) < 4.78 is 0. The number of hydrogen-bond donors (Lipinski definition) is 1. The van der Waals surface area contributed by atoms with Gasteiger partial charge in [0, 0.05) is 26.0 Å². The van der Waals surface area contributed by atoms with E-state index in [0.29, 0.717) is 5.69 Å². The number of anilines is 1. The maximum atomic E-state index is 11.6. The molecule has 0 bridgehead atoms. The van der Waals surface area contributed by atoms with E-state index in [2.05, 4.69) is 16.2 Å². The maximum absolute atomic E-state index is 11.6. The molecular formula is C12H15N3O. The van der Waals surface area contributed by atoms with Gasteiger partial charge in [-0.15, -0.1) is 6.42 Å². The highest BCUT2D eigenvalue weighted by atomic mass is 16.2. The van der Waals surface area contributed by atoms with Gasteiger partial charge >= 0.3 is 0 Å². The molecule has 0 aliphatic rings. The van der Waals surface area contributed by atoms with Crippen molar-refractivity contribution in [3.8, 4) is 12.3 Å². The van der Waals surface area contributed by atoms with Crippen LogP contribution in [-0.4, -0.2) is 35.9 Å². The number of rotatable bonds is 3. The Morgan fingerprint density at radius 1 is 1.62 bits per heavy atom. The zero-order valence-electron chi connectivity index (χ0n) is 9.69. The molecule has 1 heterocycles. The van der Waals surface area contributed by atoms with Crippen molar-refractivity contribution in [2.45, 2.75) is 13.0 Å². The second-order valence-corrected chi connectivity index (χ2v) is 3.66. The molecule has 1 N–H and O–H groups in total. The van der Waals surface area contributed by atoms with Gasteiger partial charge in [0.15, 0.2) is 0 Å². The highest BCUT2D eigenvalue weighted by Gasteiger charge is 2.10. The number of pyridine rings is 1. The predicted octanol–water partition coefficient (Wildman–Crippen LogP) is 1.22. The molecule has 16 heavy (non-hydrogen) atoms. The van der Waals surface area contributed by atoms with E-state index in [9.17, 15) is 4.79 Å². The van der Waals surface area contributed by atoms with Crippen LogP contribution in [0, 0.1) is 12.3 Å². The van der Waals surface area contributed by atoms with Crippen molar-refractivity contribution in [1.82, 2.24) is 9.88 Å². The number of amides is 1. The Labute approximate surface area is 95.7 Å². The van der Waals surface area contributed by atoms with Crippen LogP contribution >= 0.6 is 0 Å². The van der Waals surface area contributed by atoms with E-state index in [1.807, 2.05) is 6.92 Å². The first-order valence-electron chi connectivity index (χ1n) is 4.95. The van der Waals surface area contributed by atoms with E-state index in [0.717, 1.165) is 5.69 Å². The minimum absolute atomic E-state index is 0.0790. The van der Waals surface area contributed by atoms with Gasteiger partial charge < -0.3 is 10.2 Å². The summed E-state index contributed by atoms with van der Waals surface area (Å²) in [5, 5.41) is 3.08. The van der Waals surface area contributed by atoms with Crippen LogP contribution in [0.3, 0.4) is 0 Å².